The molecule has 4 heteroatoms. The molecule has 14 heavy (non-hydrogen) atoms. The number of hydrogen-bond donors (Lipinski definition) is 1. The zero-order valence-corrected chi connectivity index (χ0v) is 8.21. The van der Waals surface area contributed by atoms with Gasteiger partial charge in [-0.15, -0.1) is 0 Å². The molecule has 3 nitrogen and oxygen atoms in total. The molecule has 1 unspecified atom stereocenters. The van der Waals surface area contributed by atoms with Crippen molar-refractivity contribution in [2.24, 2.45) is 0 Å². The first-order valence-electron chi connectivity index (χ1n) is 4.37. The van der Waals surface area contributed by atoms with E-state index in [0.717, 1.165) is 0 Å². The van der Waals surface area contributed by atoms with Gasteiger partial charge in [0.05, 0.1) is 17.3 Å². The number of pyridine rings is 1. The summed E-state index contributed by atoms with van der Waals surface area (Å²) in [6.07, 6.45) is 0. The van der Waals surface area contributed by atoms with Crippen LogP contribution in [0.4, 0.5) is 10.2 Å². The zero-order chi connectivity index (χ0) is 10.6. The Morgan fingerprint density at radius 3 is 2.86 bits per heavy atom. The van der Waals surface area contributed by atoms with Gasteiger partial charge in [-0.05, 0) is 26.0 Å². The van der Waals surface area contributed by atoms with Crippen LogP contribution in [-0.4, -0.2) is 17.7 Å². The van der Waals surface area contributed by atoms with Crippen molar-refractivity contribution in [2.45, 2.75) is 19.9 Å². The smallest absolute Gasteiger partial charge is 0.126 e. The molecule has 1 heterocycles. The lowest BCUT2D eigenvalue weighted by atomic mass is 10.2. The minimum absolute atomic E-state index is 0.255. The number of nitriles is 1. The Morgan fingerprint density at radius 1 is 1.64 bits per heavy atom. The number of aryl methyl sites for hydroxylation is 1. The van der Waals surface area contributed by atoms with Gasteiger partial charge < -0.3 is 5.32 Å². The molecule has 1 aromatic heterocycles. The summed E-state index contributed by atoms with van der Waals surface area (Å²) in [5, 5.41) is 11.6. The van der Waals surface area contributed by atoms with Gasteiger partial charge in [-0.1, -0.05) is 0 Å². The Morgan fingerprint density at radius 2 is 2.36 bits per heavy atom. The van der Waals surface area contributed by atoms with Crippen molar-refractivity contribution in [3.63, 3.8) is 0 Å². The first kappa shape index (κ1) is 10.5. The van der Waals surface area contributed by atoms with Crippen molar-refractivity contribution in [2.75, 3.05) is 12.0 Å². The van der Waals surface area contributed by atoms with Crippen LogP contribution < -0.4 is 5.32 Å². The highest BCUT2D eigenvalue weighted by Gasteiger charge is 2.04. The lowest BCUT2D eigenvalue weighted by molar-refractivity contribution is 0.459. The fourth-order valence-corrected chi connectivity index (χ4v) is 1.05. The molecule has 0 aliphatic carbocycles. The highest BCUT2D eigenvalue weighted by Crippen LogP contribution is 2.10. The highest BCUT2D eigenvalue weighted by molar-refractivity contribution is 5.43. The van der Waals surface area contributed by atoms with Gasteiger partial charge >= 0.3 is 0 Å². The molecular weight excluding hydrogens is 181 g/mol. The molecule has 0 fully saturated rings. The molecule has 0 aromatic carbocycles. The zero-order valence-electron chi connectivity index (χ0n) is 8.21. The first-order valence-corrected chi connectivity index (χ1v) is 4.37. The molecule has 0 radical (unpaired) electrons. The lowest BCUT2D eigenvalue weighted by Gasteiger charge is -2.10. The molecule has 0 spiro atoms. The number of nitrogens with zero attached hydrogens (tertiary/aromatic N) is 2. The van der Waals surface area contributed by atoms with E-state index in [4.69, 9.17) is 5.26 Å². The van der Waals surface area contributed by atoms with E-state index in [1.165, 1.54) is 0 Å². The van der Waals surface area contributed by atoms with E-state index in [9.17, 15) is 4.39 Å². The second-order valence-electron chi connectivity index (χ2n) is 3.14. The van der Waals surface area contributed by atoms with E-state index in [0.29, 0.717) is 17.1 Å². The van der Waals surface area contributed by atoms with E-state index < -0.39 is 6.67 Å². The van der Waals surface area contributed by atoms with Crippen LogP contribution in [0.1, 0.15) is 18.2 Å². The molecule has 1 rings (SSSR count). The fourth-order valence-electron chi connectivity index (χ4n) is 1.05. The topological polar surface area (TPSA) is 48.7 Å². The number of aromatic nitrogens is 1. The third-order valence-electron chi connectivity index (χ3n) is 1.83. The quantitative estimate of drug-likeness (QED) is 0.799. The molecule has 1 atom stereocenters. The standard InChI is InChI=1S/C10H12FN3/c1-7(5-11)13-10-4-3-9(6-12)8(2)14-10/h3-4,7H,5H2,1-2H3,(H,13,14). The Kier molecular flexibility index (Phi) is 3.41. The minimum atomic E-state index is -0.444. The van der Waals surface area contributed by atoms with Gasteiger partial charge in [0.15, 0.2) is 0 Å². The number of alkyl halides is 1. The van der Waals surface area contributed by atoms with Gasteiger partial charge in [0.2, 0.25) is 0 Å². The maximum atomic E-state index is 12.2. The third-order valence-corrected chi connectivity index (χ3v) is 1.83. The van der Waals surface area contributed by atoms with E-state index in [1.54, 1.807) is 26.0 Å². The van der Waals surface area contributed by atoms with Crippen molar-refractivity contribution in [3.05, 3.63) is 23.4 Å². The average Bonchev–Trinajstić information content (AvgIpc) is 2.18. The fraction of sp³-hybridized carbons (Fsp3) is 0.400. The normalized spacial score (nSPS) is 11.9. The second kappa shape index (κ2) is 4.56. The van der Waals surface area contributed by atoms with Crippen LogP contribution in [0.5, 0.6) is 0 Å². The number of anilines is 1. The Labute approximate surface area is 82.6 Å². The molecule has 0 bridgehead atoms. The molecular formula is C10H12FN3. The van der Waals surface area contributed by atoms with Crippen molar-refractivity contribution in [3.8, 4) is 6.07 Å². The van der Waals surface area contributed by atoms with Crippen molar-refractivity contribution < 1.29 is 4.39 Å². The summed E-state index contributed by atoms with van der Waals surface area (Å²) >= 11 is 0. The SMILES string of the molecule is Cc1nc(NC(C)CF)ccc1C#N. The minimum Gasteiger partial charge on any atom is -0.365 e. The van der Waals surface area contributed by atoms with Crippen molar-refractivity contribution in [1.82, 2.24) is 4.98 Å². The summed E-state index contributed by atoms with van der Waals surface area (Å²) in [5.74, 6) is 0.603. The van der Waals surface area contributed by atoms with Crippen LogP contribution in [0.15, 0.2) is 12.1 Å². The lowest BCUT2D eigenvalue weighted by Crippen LogP contribution is -2.18. The monoisotopic (exact) mass is 193 g/mol. The van der Waals surface area contributed by atoms with Gasteiger partial charge in [0.25, 0.3) is 0 Å². The molecule has 0 saturated carbocycles. The largest absolute Gasteiger partial charge is 0.365 e. The summed E-state index contributed by atoms with van der Waals surface area (Å²) in [7, 11) is 0. The van der Waals surface area contributed by atoms with Crippen LogP contribution in [0.3, 0.4) is 0 Å². The van der Waals surface area contributed by atoms with Gasteiger partial charge in [-0.3, -0.25) is 0 Å². The molecule has 74 valence electrons. The van der Waals surface area contributed by atoms with Crippen molar-refractivity contribution >= 4 is 5.82 Å². The van der Waals surface area contributed by atoms with E-state index in [-0.39, 0.29) is 6.04 Å². The number of halogens is 1. The van der Waals surface area contributed by atoms with Gasteiger partial charge in [-0.2, -0.15) is 5.26 Å². The van der Waals surface area contributed by atoms with Crippen molar-refractivity contribution in [1.29, 1.82) is 5.26 Å². The predicted molar refractivity (Wildman–Crippen MR) is 52.7 cm³/mol. The number of hydrogen-bond acceptors (Lipinski definition) is 3. The number of rotatable bonds is 3. The summed E-state index contributed by atoms with van der Waals surface area (Å²) in [5.41, 5.74) is 1.20. The molecule has 0 amide bonds. The van der Waals surface area contributed by atoms with Crippen LogP contribution in [0.25, 0.3) is 0 Å². The van der Waals surface area contributed by atoms with Crippen LogP contribution >= 0.6 is 0 Å². The molecule has 1 aromatic rings. The van der Waals surface area contributed by atoms with Crippen LogP contribution in [0, 0.1) is 18.3 Å². The molecule has 0 saturated heterocycles. The molecule has 1 N–H and O–H groups in total. The van der Waals surface area contributed by atoms with E-state index in [1.807, 2.05) is 6.07 Å². The maximum absolute atomic E-state index is 12.2. The maximum Gasteiger partial charge on any atom is 0.126 e. The Balaban J connectivity index is 2.82. The van der Waals surface area contributed by atoms with Gasteiger partial charge in [-0.25, -0.2) is 9.37 Å². The Hall–Kier alpha value is -1.63. The summed E-state index contributed by atoms with van der Waals surface area (Å²) in [6.45, 7) is 3.04. The summed E-state index contributed by atoms with van der Waals surface area (Å²) in [4.78, 5) is 4.13. The summed E-state index contributed by atoms with van der Waals surface area (Å²) in [6, 6.07) is 5.13. The average molecular weight is 193 g/mol. The summed E-state index contributed by atoms with van der Waals surface area (Å²) < 4.78 is 12.2. The first-order chi connectivity index (χ1) is 6.67. The van der Waals surface area contributed by atoms with Gasteiger partial charge in [0.1, 0.15) is 18.6 Å². The number of nitrogens with one attached hydrogen (secondary N) is 1. The van der Waals surface area contributed by atoms with Crippen LogP contribution in [0.2, 0.25) is 0 Å². The second-order valence-corrected chi connectivity index (χ2v) is 3.14. The van der Waals surface area contributed by atoms with E-state index >= 15 is 0 Å². The van der Waals surface area contributed by atoms with Crippen LogP contribution in [-0.2, 0) is 0 Å². The molecule has 0 aliphatic heterocycles. The predicted octanol–water partition coefficient (Wildman–Crippen LogP) is 2.03. The van der Waals surface area contributed by atoms with E-state index in [2.05, 4.69) is 10.3 Å². The van der Waals surface area contributed by atoms with Gasteiger partial charge in [0, 0.05) is 0 Å². The Bertz CT molecular complexity index is 357. The highest BCUT2D eigenvalue weighted by atomic mass is 19.1. The third kappa shape index (κ3) is 2.43. The molecule has 0 aliphatic rings.